The Morgan fingerprint density at radius 2 is 2.32 bits per heavy atom. The van der Waals surface area contributed by atoms with Gasteiger partial charge >= 0.3 is 0 Å². The zero-order valence-electron chi connectivity index (χ0n) is 9.97. The van der Waals surface area contributed by atoms with Crippen LogP contribution < -0.4 is 0 Å². The van der Waals surface area contributed by atoms with Gasteiger partial charge in [0.25, 0.3) is 0 Å². The van der Waals surface area contributed by atoms with E-state index in [1.807, 2.05) is 0 Å². The van der Waals surface area contributed by atoms with E-state index >= 15 is 0 Å². The molecule has 0 aliphatic carbocycles. The maximum absolute atomic E-state index is 13.5. The van der Waals surface area contributed by atoms with Gasteiger partial charge < -0.3 is 5.11 Å². The summed E-state index contributed by atoms with van der Waals surface area (Å²) in [5.74, 6) is 5.81. The predicted molar refractivity (Wildman–Crippen MR) is 74.5 cm³/mol. The zero-order chi connectivity index (χ0) is 13.5. The molecule has 2 rings (SSSR count). The van der Waals surface area contributed by atoms with E-state index in [2.05, 4.69) is 21.2 Å². The molecule has 3 nitrogen and oxygen atoms in total. The summed E-state index contributed by atoms with van der Waals surface area (Å²) in [7, 11) is 0. The molecule has 0 radical (unpaired) electrons. The molecule has 19 heavy (non-hydrogen) atoms. The molecule has 0 atom stereocenters. The molecule has 6 heteroatoms. The average Bonchev–Trinajstić information content (AvgIpc) is 2.93. The van der Waals surface area contributed by atoms with Crippen LogP contribution in [0.15, 0.2) is 28.9 Å². The van der Waals surface area contributed by atoms with Crippen LogP contribution in [0.2, 0.25) is 0 Å². The number of aliphatic hydroxyl groups excluding tert-OH is 1. The number of hydrogen-bond acceptors (Lipinski definition) is 5. The van der Waals surface area contributed by atoms with E-state index in [4.69, 9.17) is 5.11 Å². The Kier molecular flexibility index (Phi) is 5.33. The molecular weight excluding hydrogens is 283 g/mol. The molecule has 1 aromatic carbocycles. The fourth-order valence-electron chi connectivity index (χ4n) is 1.34. The van der Waals surface area contributed by atoms with Gasteiger partial charge in [0.05, 0.1) is 12.2 Å². The lowest BCUT2D eigenvalue weighted by molar-refractivity contribution is 0.305. The normalized spacial score (nSPS) is 10.0. The van der Waals surface area contributed by atoms with Gasteiger partial charge in [-0.3, -0.25) is 0 Å². The van der Waals surface area contributed by atoms with Gasteiger partial charge in [0.2, 0.25) is 0 Å². The van der Waals surface area contributed by atoms with E-state index in [0.717, 1.165) is 9.90 Å². The highest BCUT2D eigenvalue weighted by Crippen LogP contribution is 2.23. The van der Waals surface area contributed by atoms with Crippen LogP contribution in [0.5, 0.6) is 0 Å². The smallest absolute Gasteiger partial charge is 0.170 e. The SMILES string of the molecule is OCCC#Cc1cc(CSc2ncns2)ccc1F. The van der Waals surface area contributed by atoms with E-state index in [1.54, 1.807) is 23.9 Å². The summed E-state index contributed by atoms with van der Waals surface area (Å²) in [6, 6.07) is 4.88. The van der Waals surface area contributed by atoms with Crippen molar-refractivity contribution < 1.29 is 9.50 Å². The molecule has 98 valence electrons. The molecule has 0 fully saturated rings. The number of aromatic nitrogens is 2. The second-order valence-corrected chi connectivity index (χ2v) is 5.59. The third-order valence-electron chi connectivity index (χ3n) is 2.19. The first-order valence-electron chi connectivity index (χ1n) is 5.57. The van der Waals surface area contributed by atoms with E-state index in [-0.39, 0.29) is 12.4 Å². The van der Waals surface area contributed by atoms with Gasteiger partial charge in [0.15, 0.2) is 4.34 Å². The number of thioether (sulfide) groups is 1. The summed E-state index contributed by atoms with van der Waals surface area (Å²) in [6.45, 7) is -0.0127. The highest BCUT2D eigenvalue weighted by atomic mass is 32.2. The van der Waals surface area contributed by atoms with Crippen LogP contribution >= 0.6 is 23.3 Å². The van der Waals surface area contributed by atoms with Crippen molar-refractivity contribution in [3.05, 3.63) is 41.5 Å². The molecule has 0 bridgehead atoms. The number of halogens is 1. The first-order chi connectivity index (χ1) is 9.29. The molecule has 0 saturated carbocycles. The average molecular weight is 294 g/mol. The molecule has 2 aromatic rings. The van der Waals surface area contributed by atoms with Crippen molar-refractivity contribution in [2.75, 3.05) is 6.61 Å². The Morgan fingerprint density at radius 1 is 1.42 bits per heavy atom. The molecule has 0 aliphatic heterocycles. The number of hydrogen-bond donors (Lipinski definition) is 1. The number of benzene rings is 1. The zero-order valence-corrected chi connectivity index (χ0v) is 11.6. The van der Waals surface area contributed by atoms with Crippen molar-refractivity contribution in [2.24, 2.45) is 0 Å². The first kappa shape index (κ1) is 14.0. The van der Waals surface area contributed by atoms with E-state index in [9.17, 15) is 4.39 Å². The topological polar surface area (TPSA) is 46.0 Å². The molecule has 0 amide bonds. The van der Waals surface area contributed by atoms with Crippen LogP contribution in [0.1, 0.15) is 17.5 Å². The molecule has 0 unspecified atom stereocenters. The highest BCUT2D eigenvalue weighted by Gasteiger charge is 2.03. The predicted octanol–water partition coefficient (Wildman–Crippen LogP) is 2.70. The van der Waals surface area contributed by atoms with Crippen molar-refractivity contribution >= 4 is 23.3 Å². The maximum atomic E-state index is 13.5. The second kappa shape index (κ2) is 7.24. The van der Waals surface area contributed by atoms with Crippen LogP contribution in [0.4, 0.5) is 4.39 Å². The molecule has 0 spiro atoms. The van der Waals surface area contributed by atoms with Crippen LogP contribution in [0.3, 0.4) is 0 Å². The lowest BCUT2D eigenvalue weighted by Crippen LogP contribution is -1.88. The summed E-state index contributed by atoms with van der Waals surface area (Å²) >= 11 is 2.90. The number of aliphatic hydroxyl groups is 1. The second-order valence-electron chi connectivity index (χ2n) is 3.59. The van der Waals surface area contributed by atoms with Crippen molar-refractivity contribution in [3.8, 4) is 11.8 Å². The summed E-state index contributed by atoms with van der Waals surface area (Å²) in [6.07, 6.45) is 1.87. The van der Waals surface area contributed by atoms with Crippen LogP contribution in [0, 0.1) is 17.7 Å². The monoisotopic (exact) mass is 294 g/mol. The van der Waals surface area contributed by atoms with E-state index < -0.39 is 0 Å². The Hall–Kier alpha value is -1.42. The van der Waals surface area contributed by atoms with Crippen molar-refractivity contribution in [1.82, 2.24) is 9.36 Å². The highest BCUT2D eigenvalue weighted by molar-refractivity contribution is 8.00. The first-order valence-corrected chi connectivity index (χ1v) is 7.33. The molecular formula is C13H11FN2OS2. The van der Waals surface area contributed by atoms with Gasteiger partial charge in [-0.25, -0.2) is 9.37 Å². The third-order valence-corrected chi connectivity index (χ3v) is 4.06. The minimum Gasteiger partial charge on any atom is -0.395 e. The third kappa shape index (κ3) is 4.31. The Labute approximate surface area is 119 Å². The van der Waals surface area contributed by atoms with Gasteiger partial charge in [-0.15, -0.1) is 0 Å². The summed E-state index contributed by atoms with van der Waals surface area (Å²) in [5.41, 5.74) is 1.35. The fourth-order valence-corrected chi connectivity index (χ4v) is 2.73. The maximum Gasteiger partial charge on any atom is 0.170 e. The largest absolute Gasteiger partial charge is 0.395 e. The molecule has 1 aromatic heterocycles. The van der Waals surface area contributed by atoms with Crippen LogP contribution in [0.25, 0.3) is 0 Å². The van der Waals surface area contributed by atoms with Gasteiger partial charge in [0.1, 0.15) is 12.1 Å². The van der Waals surface area contributed by atoms with Gasteiger partial charge in [-0.2, -0.15) is 4.37 Å². The Bertz CT molecular complexity index is 590. The standard InChI is InChI=1S/C13H11FN2OS2/c14-12-5-4-10(7-11(12)3-1-2-6-17)8-18-13-15-9-16-19-13/h4-5,7,9,17H,2,6,8H2. The molecule has 0 aliphatic rings. The van der Waals surface area contributed by atoms with Crippen LogP contribution in [-0.4, -0.2) is 21.1 Å². The number of nitrogens with zero attached hydrogens (tertiary/aromatic N) is 2. The Morgan fingerprint density at radius 3 is 3.05 bits per heavy atom. The minimum absolute atomic E-state index is 0.0127. The molecule has 1 heterocycles. The molecule has 1 N–H and O–H groups in total. The van der Waals surface area contributed by atoms with Crippen LogP contribution in [-0.2, 0) is 5.75 Å². The lowest BCUT2D eigenvalue weighted by Gasteiger charge is -2.01. The summed E-state index contributed by atoms with van der Waals surface area (Å²) < 4.78 is 18.3. The van der Waals surface area contributed by atoms with Gasteiger partial charge in [-0.1, -0.05) is 29.7 Å². The number of rotatable bonds is 4. The van der Waals surface area contributed by atoms with E-state index in [0.29, 0.717) is 17.7 Å². The van der Waals surface area contributed by atoms with Gasteiger partial charge in [-0.05, 0) is 29.2 Å². The molecule has 0 saturated heterocycles. The summed E-state index contributed by atoms with van der Waals surface area (Å²) in [4.78, 5) is 4.07. The van der Waals surface area contributed by atoms with E-state index in [1.165, 1.54) is 23.9 Å². The minimum atomic E-state index is -0.338. The van der Waals surface area contributed by atoms with Crippen molar-refractivity contribution in [3.63, 3.8) is 0 Å². The fraction of sp³-hybridized carbons (Fsp3) is 0.231. The van der Waals surface area contributed by atoms with Crippen molar-refractivity contribution in [2.45, 2.75) is 16.5 Å². The quantitative estimate of drug-likeness (QED) is 0.695. The lowest BCUT2D eigenvalue weighted by atomic mass is 10.1. The van der Waals surface area contributed by atoms with Gasteiger partial charge in [0, 0.05) is 12.2 Å². The Balaban J connectivity index is 2.06. The summed E-state index contributed by atoms with van der Waals surface area (Å²) in [5, 5.41) is 8.65. The van der Waals surface area contributed by atoms with Crippen molar-refractivity contribution in [1.29, 1.82) is 0 Å².